The first-order chi connectivity index (χ1) is 9.06. The van der Waals surface area contributed by atoms with Crippen LogP contribution in [-0.4, -0.2) is 22.4 Å². The van der Waals surface area contributed by atoms with Crippen molar-refractivity contribution in [3.63, 3.8) is 0 Å². The van der Waals surface area contributed by atoms with Crippen molar-refractivity contribution in [2.75, 3.05) is 6.61 Å². The molecule has 2 heterocycles. The van der Waals surface area contributed by atoms with Crippen molar-refractivity contribution < 1.29 is 9.53 Å². The minimum Gasteiger partial charge on any atom is -0.465 e. The van der Waals surface area contributed by atoms with Crippen LogP contribution in [0.15, 0.2) is 10.9 Å². The van der Waals surface area contributed by atoms with E-state index in [0.29, 0.717) is 11.3 Å². The van der Waals surface area contributed by atoms with Gasteiger partial charge >= 0.3 is 5.97 Å². The van der Waals surface area contributed by atoms with E-state index in [2.05, 4.69) is 5.10 Å². The molecular formula is C13H16N2O3S. The summed E-state index contributed by atoms with van der Waals surface area (Å²) in [7, 11) is 0. The Bertz CT molecular complexity index is 672. The van der Waals surface area contributed by atoms with Gasteiger partial charge in [0.25, 0.3) is 5.56 Å². The van der Waals surface area contributed by atoms with E-state index >= 15 is 0 Å². The topological polar surface area (TPSA) is 61.2 Å². The van der Waals surface area contributed by atoms with Gasteiger partial charge in [-0.05, 0) is 26.3 Å². The average molecular weight is 280 g/mol. The second-order valence-electron chi connectivity index (χ2n) is 4.17. The second kappa shape index (κ2) is 5.52. The third-order valence-electron chi connectivity index (χ3n) is 2.76. The fraction of sp³-hybridized carbons (Fsp3) is 0.462. The molecule has 0 N–H and O–H groups in total. The van der Waals surface area contributed by atoms with Crippen LogP contribution in [0.3, 0.4) is 0 Å². The third kappa shape index (κ3) is 2.68. The number of carbonyl (C=O) groups excluding carboxylic acids is 1. The maximum Gasteiger partial charge on any atom is 0.327 e. The van der Waals surface area contributed by atoms with Crippen LogP contribution >= 0.6 is 11.3 Å². The number of rotatable bonds is 4. The lowest BCUT2D eigenvalue weighted by Gasteiger charge is -2.07. The van der Waals surface area contributed by atoms with Crippen molar-refractivity contribution in [2.45, 2.75) is 33.7 Å². The van der Waals surface area contributed by atoms with Crippen molar-refractivity contribution in [1.29, 1.82) is 0 Å². The van der Waals surface area contributed by atoms with E-state index in [4.69, 9.17) is 4.74 Å². The van der Waals surface area contributed by atoms with Crippen molar-refractivity contribution in [2.24, 2.45) is 0 Å². The number of hydrogen-bond acceptors (Lipinski definition) is 5. The molecule has 0 aromatic carbocycles. The summed E-state index contributed by atoms with van der Waals surface area (Å²) in [6, 6.07) is 1.97. The predicted octanol–water partition coefficient (Wildman–Crippen LogP) is 1.89. The number of nitrogens with zero attached hydrogens (tertiary/aromatic N) is 2. The molecule has 0 aliphatic rings. The van der Waals surface area contributed by atoms with Gasteiger partial charge in [-0.1, -0.05) is 6.92 Å². The van der Waals surface area contributed by atoms with Crippen molar-refractivity contribution in [3.8, 4) is 0 Å². The van der Waals surface area contributed by atoms with Gasteiger partial charge in [0.2, 0.25) is 0 Å². The van der Waals surface area contributed by atoms with Gasteiger partial charge in [0.15, 0.2) is 0 Å². The van der Waals surface area contributed by atoms with E-state index in [9.17, 15) is 9.59 Å². The van der Waals surface area contributed by atoms with E-state index < -0.39 is 5.97 Å². The molecule has 2 rings (SSSR count). The molecule has 0 radical (unpaired) electrons. The Kier molecular flexibility index (Phi) is 3.99. The highest BCUT2D eigenvalue weighted by molar-refractivity contribution is 7.18. The Morgan fingerprint density at radius 1 is 1.47 bits per heavy atom. The first kappa shape index (κ1) is 13.7. The Morgan fingerprint density at radius 3 is 2.84 bits per heavy atom. The summed E-state index contributed by atoms with van der Waals surface area (Å²) >= 11 is 1.44. The van der Waals surface area contributed by atoms with Gasteiger partial charge in [0, 0.05) is 10.3 Å². The SMILES string of the molecule is CCOC(=O)Cn1nc(CC)c2cc(C)sc2c1=O. The molecule has 0 aliphatic heterocycles. The van der Waals surface area contributed by atoms with Crippen LogP contribution in [0.2, 0.25) is 0 Å². The van der Waals surface area contributed by atoms with E-state index in [1.54, 1.807) is 6.92 Å². The summed E-state index contributed by atoms with van der Waals surface area (Å²) in [4.78, 5) is 24.8. The summed E-state index contributed by atoms with van der Waals surface area (Å²) in [6.07, 6.45) is 0.718. The molecule has 0 spiro atoms. The maximum absolute atomic E-state index is 12.3. The van der Waals surface area contributed by atoms with Crippen LogP contribution in [0.25, 0.3) is 10.1 Å². The molecule has 6 heteroatoms. The van der Waals surface area contributed by atoms with E-state index in [1.165, 1.54) is 16.0 Å². The van der Waals surface area contributed by atoms with Gasteiger partial charge in [-0.3, -0.25) is 9.59 Å². The van der Waals surface area contributed by atoms with Gasteiger partial charge in [-0.15, -0.1) is 11.3 Å². The van der Waals surface area contributed by atoms with Crippen molar-refractivity contribution >= 4 is 27.4 Å². The van der Waals surface area contributed by atoms with Gasteiger partial charge < -0.3 is 4.74 Å². The molecule has 5 nitrogen and oxygen atoms in total. The molecule has 19 heavy (non-hydrogen) atoms. The van der Waals surface area contributed by atoms with Gasteiger partial charge in [-0.25, -0.2) is 4.68 Å². The number of carbonyl (C=O) groups is 1. The highest BCUT2D eigenvalue weighted by Gasteiger charge is 2.14. The van der Waals surface area contributed by atoms with E-state index in [1.807, 2.05) is 19.9 Å². The number of aromatic nitrogens is 2. The quantitative estimate of drug-likeness (QED) is 0.802. The zero-order chi connectivity index (χ0) is 14.0. The molecule has 0 aliphatic carbocycles. The lowest BCUT2D eigenvalue weighted by atomic mass is 10.2. The first-order valence-electron chi connectivity index (χ1n) is 6.22. The van der Waals surface area contributed by atoms with Crippen LogP contribution in [0.5, 0.6) is 0 Å². The number of thiophene rings is 1. The summed E-state index contributed by atoms with van der Waals surface area (Å²) in [5, 5.41) is 5.16. The fourth-order valence-corrected chi connectivity index (χ4v) is 2.93. The number of hydrogen-bond donors (Lipinski definition) is 0. The molecule has 2 aromatic heterocycles. The van der Waals surface area contributed by atoms with Crippen molar-refractivity contribution in [3.05, 3.63) is 27.0 Å². The molecule has 0 unspecified atom stereocenters. The summed E-state index contributed by atoms with van der Waals surface area (Å²) in [6.45, 7) is 5.84. The highest BCUT2D eigenvalue weighted by Crippen LogP contribution is 2.24. The van der Waals surface area contributed by atoms with E-state index in [-0.39, 0.29) is 12.1 Å². The Labute approximate surface area is 114 Å². The van der Waals surface area contributed by atoms with Gasteiger partial charge in [0.1, 0.15) is 11.2 Å². The number of ether oxygens (including phenoxy) is 1. The lowest BCUT2D eigenvalue weighted by Crippen LogP contribution is -2.28. The number of esters is 1. The number of aryl methyl sites for hydroxylation is 2. The molecule has 0 saturated heterocycles. The minimum atomic E-state index is -0.438. The summed E-state index contributed by atoms with van der Waals surface area (Å²) in [5.41, 5.74) is 0.613. The normalized spacial score (nSPS) is 10.9. The van der Waals surface area contributed by atoms with Crippen LogP contribution in [-0.2, 0) is 22.5 Å². The van der Waals surface area contributed by atoms with Crippen molar-refractivity contribution in [1.82, 2.24) is 9.78 Å². The van der Waals surface area contributed by atoms with E-state index in [0.717, 1.165) is 22.4 Å². The van der Waals surface area contributed by atoms with Crippen LogP contribution in [0.4, 0.5) is 0 Å². The average Bonchev–Trinajstić information content (AvgIpc) is 2.75. The Balaban J connectivity index is 2.53. The molecule has 2 aromatic rings. The lowest BCUT2D eigenvalue weighted by molar-refractivity contribution is -0.144. The zero-order valence-electron chi connectivity index (χ0n) is 11.2. The molecule has 102 valence electrons. The summed E-state index contributed by atoms with van der Waals surface area (Å²) < 4.78 is 6.72. The third-order valence-corrected chi connectivity index (χ3v) is 3.79. The second-order valence-corrected chi connectivity index (χ2v) is 5.42. The van der Waals surface area contributed by atoms with Gasteiger partial charge in [-0.2, -0.15) is 5.10 Å². The molecule has 0 amide bonds. The fourth-order valence-electron chi connectivity index (χ4n) is 1.95. The Hall–Kier alpha value is -1.69. The summed E-state index contributed by atoms with van der Waals surface area (Å²) in [5.74, 6) is -0.438. The zero-order valence-corrected chi connectivity index (χ0v) is 12.0. The smallest absolute Gasteiger partial charge is 0.327 e. The minimum absolute atomic E-state index is 0.132. The molecule has 0 fully saturated rings. The first-order valence-corrected chi connectivity index (χ1v) is 7.04. The molecule has 0 saturated carbocycles. The Morgan fingerprint density at radius 2 is 2.21 bits per heavy atom. The highest BCUT2D eigenvalue weighted by atomic mass is 32.1. The van der Waals surface area contributed by atoms with Crippen LogP contribution in [0.1, 0.15) is 24.4 Å². The standard InChI is InChI=1S/C13H16N2O3S/c1-4-10-9-6-8(3)19-12(9)13(17)15(14-10)7-11(16)18-5-2/h6H,4-5,7H2,1-3H3. The van der Waals surface area contributed by atoms with Crippen LogP contribution in [0, 0.1) is 6.92 Å². The monoisotopic (exact) mass is 280 g/mol. The van der Waals surface area contributed by atoms with Gasteiger partial charge in [0.05, 0.1) is 12.3 Å². The largest absolute Gasteiger partial charge is 0.465 e. The molecular weight excluding hydrogens is 264 g/mol. The molecule has 0 bridgehead atoms. The predicted molar refractivity (Wildman–Crippen MR) is 74.6 cm³/mol. The van der Waals surface area contributed by atoms with Crippen LogP contribution < -0.4 is 5.56 Å². The molecule has 0 atom stereocenters. The number of fused-ring (bicyclic) bond motifs is 1. The maximum atomic E-state index is 12.3.